The molecule has 8 nitrogen and oxygen atoms in total. The normalized spacial score (nSPS) is 11.1. The highest BCUT2D eigenvalue weighted by molar-refractivity contribution is 6.05. The molecule has 4 aromatic carbocycles. The summed E-state index contributed by atoms with van der Waals surface area (Å²) >= 11 is 0. The van der Waals surface area contributed by atoms with E-state index in [1.807, 2.05) is 49.3 Å². The second-order valence-electron chi connectivity index (χ2n) is 8.89. The van der Waals surface area contributed by atoms with Crippen molar-refractivity contribution < 1.29 is 19.1 Å². The quantitative estimate of drug-likeness (QED) is 0.105. The Bertz CT molecular complexity index is 1510. The first kappa shape index (κ1) is 27.5. The summed E-state index contributed by atoms with van der Waals surface area (Å²) in [5, 5.41) is 6.71. The molecule has 0 saturated heterocycles. The number of amides is 2. The lowest BCUT2D eigenvalue weighted by atomic mass is 10.1. The molecule has 0 fully saturated rings. The predicted molar refractivity (Wildman–Crippen MR) is 156 cm³/mol. The maximum atomic E-state index is 13.0. The SMILES string of the molecule is CN(C)c1ccc(/C=C(\NC(=O)c2ccccc2)C(=O)N/N=C\c2ccc(OC(=O)c3ccccc3)cc2)cc1. The monoisotopic (exact) mass is 532 g/mol. The van der Waals surface area contributed by atoms with E-state index in [0.717, 1.165) is 11.3 Å². The zero-order chi connectivity index (χ0) is 28.3. The molecule has 40 heavy (non-hydrogen) atoms. The van der Waals surface area contributed by atoms with Crippen LogP contribution in [0.15, 0.2) is 120 Å². The van der Waals surface area contributed by atoms with E-state index in [1.165, 1.54) is 6.21 Å². The molecule has 200 valence electrons. The molecule has 0 saturated carbocycles. The van der Waals surface area contributed by atoms with Gasteiger partial charge in [-0.25, -0.2) is 10.2 Å². The Kier molecular flexibility index (Phi) is 9.18. The van der Waals surface area contributed by atoms with Gasteiger partial charge in [-0.2, -0.15) is 5.10 Å². The number of nitrogens with one attached hydrogen (secondary N) is 2. The zero-order valence-electron chi connectivity index (χ0n) is 22.1. The molecule has 4 aromatic rings. The first-order valence-corrected chi connectivity index (χ1v) is 12.5. The molecule has 2 amide bonds. The van der Waals surface area contributed by atoms with Crippen LogP contribution in [0.2, 0.25) is 0 Å². The van der Waals surface area contributed by atoms with E-state index in [2.05, 4.69) is 15.8 Å². The molecule has 0 aliphatic rings. The second kappa shape index (κ2) is 13.3. The molecular formula is C32H28N4O4. The number of benzene rings is 4. The molecule has 0 atom stereocenters. The van der Waals surface area contributed by atoms with Crippen molar-refractivity contribution in [1.29, 1.82) is 0 Å². The van der Waals surface area contributed by atoms with Gasteiger partial charge in [-0.05, 0) is 77.9 Å². The number of esters is 1. The fourth-order valence-electron chi connectivity index (χ4n) is 3.57. The van der Waals surface area contributed by atoms with Crippen molar-refractivity contribution in [2.24, 2.45) is 5.10 Å². The molecule has 0 bridgehead atoms. The summed E-state index contributed by atoms with van der Waals surface area (Å²) in [7, 11) is 3.87. The van der Waals surface area contributed by atoms with Gasteiger partial charge in [-0.15, -0.1) is 0 Å². The molecule has 0 aromatic heterocycles. The third-order valence-electron chi connectivity index (χ3n) is 5.73. The Labute approximate surface area is 232 Å². The number of hydrogen-bond donors (Lipinski definition) is 2. The Morgan fingerprint density at radius 3 is 1.90 bits per heavy atom. The highest BCUT2D eigenvalue weighted by Gasteiger charge is 2.14. The van der Waals surface area contributed by atoms with E-state index in [0.29, 0.717) is 22.4 Å². The Morgan fingerprint density at radius 2 is 1.30 bits per heavy atom. The smallest absolute Gasteiger partial charge is 0.343 e. The predicted octanol–water partition coefficient (Wildman–Crippen LogP) is 4.89. The van der Waals surface area contributed by atoms with Gasteiger partial charge in [-0.1, -0.05) is 48.5 Å². The first-order chi connectivity index (χ1) is 19.4. The average molecular weight is 533 g/mol. The summed E-state index contributed by atoms with van der Waals surface area (Å²) in [6.45, 7) is 0. The largest absolute Gasteiger partial charge is 0.423 e. The van der Waals surface area contributed by atoms with Gasteiger partial charge in [-0.3, -0.25) is 9.59 Å². The summed E-state index contributed by atoms with van der Waals surface area (Å²) in [6.07, 6.45) is 3.03. The fraction of sp³-hybridized carbons (Fsp3) is 0.0625. The van der Waals surface area contributed by atoms with Crippen molar-refractivity contribution in [3.63, 3.8) is 0 Å². The van der Waals surface area contributed by atoms with Crippen LogP contribution in [0.5, 0.6) is 5.75 Å². The highest BCUT2D eigenvalue weighted by atomic mass is 16.5. The lowest BCUT2D eigenvalue weighted by Crippen LogP contribution is -2.32. The van der Waals surface area contributed by atoms with Crippen LogP contribution < -0.4 is 20.4 Å². The minimum Gasteiger partial charge on any atom is -0.423 e. The third kappa shape index (κ3) is 7.75. The topological polar surface area (TPSA) is 100 Å². The first-order valence-electron chi connectivity index (χ1n) is 12.5. The van der Waals surface area contributed by atoms with E-state index in [1.54, 1.807) is 84.9 Å². The number of carbonyl (C=O) groups excluding carboxylic acids is 3. The van der Waals surface area contributed by atoms with Crippen molar-refractivity contribution in [1.82, 2.24) is 10.7 Å². The van der Waals surface area contributed by atoms with Crippen LogP contribution in [0.4, 0.5) is 5.69 Å². The fourth-order valence-corrected chi connectivity index (χ4v) is 3.57. The van der Waals surface area contributed by atoms with Crippen LogP contribution in [0.25, 0.3) is 6.08 Å². The van der Waals surface area contributed by atoms with Gasteiger partial charge in [0, 0.05) is 25.3 Å². The Hall–Kier alpha value is -5.50. The van der Waals surface area contributed by atoms with Gasteiger partial charge >= 0.3 is 5.97 Å². The molecule has 0 radical (unpaired) electrons. The minimum absolute atomic E-state index is 0.0341. The molecule has 0 spiro atoms. The van der Waals surface area contributed by atoms with Crippen molar-refractivity contribution in [2.75, 3.05) is 19.0 Å². The molecule has 0 heterocycles. The van der Waals surface area contributed by atoms with Gasteiger partial charge < -0.3 is 15.0 Å². The maximum Gasteiger partial charge on any atom is 0.343 e. The lowest BCUT2D eigenvalue weighted by Gasteiger charge is -2.12. The second-order valence-corrected chi connectivity index (χ2v) is 8.89. The standard InChI is InChI=1S/C32H28N4O4/c1-36(2)27-17-13-23(14-18-27)21-29(34-30(37)25-9-5-3-6-10-25)31(38)35-33-22-24-15-19-28(20-16-24)40-32(39)26-11-7-4-8-12-26/h3-22H,1-2H3,(H,34,37)(H,35,38)/b29-21-,33-22-. The van der Waals surface area contributed by atoms with Gasteiger partial charge in [0.15, 0.2) is 0 Å². The summed E-state index contributed by atoms with van der Waals surface area (Å²) in [5.41, 5.74) is 5.76. The number of rotatable bonds is 9. The van der Waals surface area contributed by atoms with Crippen molar-refractivity contribution in [3.05, 3.63) is 137 Å². The van der Waals surface area contributed by atoms with Gasteiger partial charge in [0.05, 0.1) is 11.8 Å². The number of carbonyl (C=O) groups is 3. The molecular weight excluding hydrogens is 504 g/mol. The molecule has 0 unspecified atom stereocenters. The summed E-state index contributed by atoms with van der Waals surface area (Å²) < 4.78 is 5.38. The number of anilines is 1. The van der Waals surface area contributed by atoms with Crippen molar-refractivity contribution in [3.8, 4) is 5.75 Å². The summed E-state index contributed by atoms with van der Waals surface area (Å²) in [6, 6.07) is 31.5. The zero-order valence-corrected chi connectivity index (χ0v) is 22.1. The Morgan fingerprint density at radius 1 is 0.725 bits per heavy atom. The Balaban J connectivity index is 1.44. The van der Waals surface area contributed by atoms with Crippen LogP contribution in [-0.2, 0) is 4.79 Å². The van der Waals surface area contributed by atoms with Gasteiger partial charge in [0.25, 0.3) is 11.8 Å². The number of hydrazone groups is 1. The van der Waals surface area contributed by atoms with Crippen LogP contribution in [0.1, 0.15) is 31.8 Å². The number of ether oxygens (including phenoxy) is 1. The van der Waals surface area contributed by atoms with Crippen LogP contribution in [0, 0.1) is 0 Å². The van der Waals surface area contributed by atoms with E-state index >= 15 is 0 Å². The third-order valence-corrected chi connectivity index (χ3v) is 5.73. The molecule has 0 aliphatic carbocycles. The molecule has 2 N–H and O–H groups in total. The minimum atomic E-state index is -0.592. The van der Waals surface area contributed by atoms with E-state index in [4.69, 9.17) is 4.74 Å². The van der Waals surface area contributed by atoms with Crippen LogP contribution in [0.3, 0.4) is 0 Å². The summed E-state index contributed by atoms with van der Waals surface area (Å²) in [4.78, 5) is 40.0. The van der Waals surface area contributed by atoms with Crippen LogP contribution in [-0.4, -0.2) is 38.1 Å². The number of hydrogen-bond acceptors (Lipinski definition) is 6. The average Bonchev–Trinajstić information content (AvgIpc) is 2.98. The summed E-state index contributed by atoms with van der Waals surface area (Å²) in [5.74, 6) is -1.09. The van der Waals surface area contributed by atoms with Crippen LogP contribution >= 0.6 is 0 Å². The van der Waals surface area contributed by atoms with Gasteiger partial charge in [0.1, 0.15) is 11.4 Å². The number of nitrogens with zero attached hydrogens (tertiary/aromatic N) is 2. The highest BCUT2D eigenvalue weighted by Crippen LogP contribution is 2.15. The van der Waals surface area contributed by atoms with E-state index < -0.39 is 17.8 Å². The van der Waals surface area contributed by atoms with E-state index in [9.17, 15) is 14.4 Å². The lowest BCUT2D eigenvalue weighted by molar-refractivity contribution is -0.117. The molecule has 8 heteroatoms. The maximum absolute atomic E-state index is 13.0. The molecule has 0 aliphatic heterocycles. The van der Waals surface area contributed by atoms with Crippen molar-refractivity contribution >= 4 is 35.8 Å². The van der Waals surface area contributed by atoms with E-state index in [-0.39, 0.29) is 5.70 Å². The van der Waals surface area contributed by atoms with Gasteiger partial charge in [0.2, 0.25) is 0 Å². The van der Waals surface area contributed by atoms with Crippen molar-refractivity contribution in [2.45, 2.75) is 0 Å². The molecule has 4 rings (SSSR count).